The van der Waals surface area contributed by atoms with Crippen molar-refractivity contribution in [2.75, 3.05) is 13.6 Å². The van der Waals surface area contributed by atoms with E-state index in [-0.39, 0.29) is 11.4 Å². The smallest absolute Gasteiger partial charge is 0.225 e. The van der Waals surface area contributed by atoms with Gasteiger partial charge in [-0.3, -0.25) is 4.79 Å². The van der Waals surface area contributed by atoms with Gasteiger partial charge < -0.3 is 10.6 Å². The molecule has 2 N–H and O–H groups in total. The SMILES string of the molecule is CN(C(=O)C1CC1)C(C)(C)CN. The molecular weight excluding hydrogens is 152 g/mol. The second kappa shape index (κ2) is 3.05. The number of likely N-dealkylation sites (N-methyl/N-ethyl adjacent to an activating group) is 1. The Morgan fingerprint density at radius 1 is 1.58 bits per heavy atom. The van der Waals surface area contributed by atoms with Crippen LogP contribution in [0.1, 0.15) is 26.7 Å². The lowest BCUT2D eigenvalue weighted by atomic mass is 10.0. The van der Waals surface area contributed by atoms with Crippen LogP contribution in [0.2, 0.25) is 0 Å². The maximum absolute atomic E-state index is 11.6. The molecule has 0 aromatic heterocycles. The minimum Gasteiger partial charge on any atom is -0.339 e. The summed E-state index contributed by atoms with van der Waals surface area (Å²) < 4.78 is 0. The van der Waals surface area contributed by atoms with Gasteiger partial charge in [0.2, 0.25) is 5.91 Å². The van der Waals surface area contributed by atoms with Crippen LogP contribution in [0, 0.1) is 5.92 Å². The molecule has 3 heteroatoms. The third kappa shape index (κ3) is 1.78. The van der Waals surface area contributed by atoms with Crippen LogP contribution in [0.15, 0.2) is 0 Å². The summed E-state index contributed by atoms with van der Waals surface area (Å²) in [6.07, 6.45) is 2.12. The average molecular weight is 170 g/mol. The molecule has 12 heavy (non-hydrogen) atoms. The lowest BCUT2D eigenvalue weighted by molar-refractivity contribution is -0.135. The lowest BCUT2D eigenvalue weighted by Crippen LogP contribution is -2.50. The number of hydrogen-bond donors (Lipinski definition) is 1. The Hall–Kier alpha value is -0.570. The van der Waals surface area contributed by atoms with E-state index in [9.17, 15) is 4.79 Å². The first-order valence-electron chi connectivity index (χ1n) is 4.47. The molecule has 0 radical (unpaired) electrons. The van der Waals surface area contributed by atoms with Crippen LogP contribution in [-0.4, -0.2) is 29.9 Å². The van der Waals surface area contributed by atoms with E-state index >= 15 is 0 Å². The molecule has 70 valence electrons. The van der Waals surface area contributed by atoms with E-state index in [2.05, 4.69) is 0 Å². The fourth-order valence-corrected chi connectivity index (χ4v) is 1.04. The highest BCUT2D eigenvalue weighted by atomic mass is 16.2. The lowest BCUT2D eigenvalue weighted by Gasteiger charge is -2.34. The summed E-state index contributed by atoms with van der Waals surface area (Å²) in [5.74, 6) is 0.547. The van der Waals surface area contributed by atoms with Gasteiger partial charge in [-0.05, 0) is 26.7 Å². The number of carbonyl (C=O) groups excluding carboxylic acids is 1. The standard InChI is InChI=1S/C9H18N2O/c1-9(2,6-10)11(3)8(12)7-4-5-7/h7H,4-6,10H2,1-3H3. The predicted molar refractivity (Wildman–Crippen MR) is 48.6 cm³/mol. The zero-order valence-corrected chi connectivity index (χ0v) is 8.13. The molecule has 0 heterocycles. The average Bonchev–Trinajstić information content (AvgIpc) is 2.84. The van der Waals surface area contributed by atoms with Crippen molar-refractivity contribution in [3.05, 3.63) is 0 Å². The molecule has 3 nitrogen and oxygen atoms in total. The van der Waals surface area contributed by atoms with Gasteiger partial charge in [0.15, 0.2) is 0 Å². The first kappa shape index (κ1) is 9.52. The van der Waals surface area contributed by atoms with Gasteiger partial charge in [-0.1, -0.05) is 0 Å². The van der Waals surface area contributed by atoms with Crippen molar-refractivity contribution in [1.29, 1.82) is 0 Å². The molecule has 1 aliphatic rings. The third-order valence-corrected chi connectivity index (χ3v) is 2.66. The number of rotatable bonds is 3. The minimum atomic E-state index is -0.195. The van der Waals surface area contributed by atoms with Crippen LogP contribution >= 0.6 is 0 Å². The van der Waals surface area contributed by atoms with Gasteiger partial charge in [-0.15, -0.1) is 0 Å². The van der Waals surface area contributed by atoms with Crippen LogP contribution in [-0.2, 0) is 4.79 Å². The van der Waals surface area contributed by atoms with Crippen molar-refractivity contribution in [2.24, 2.45) is 11.7 Å². The number of amides is 1. The summed E-state index contributed by atoms with van der Waals surface area (Å²) in [5, 5.41) is 0. The number of carbonyl (C=O) groups is 1. The monoisotopic (exact) mass is 170 g/mol. The largest absolute Gasteiger partial charge is 0.339 e. The number of nitrogens with two attached hydrogens (primary N) is 1. The van der Waals surface area contributed by atoms with E-state index in [1.165, 1.54) is 0 Å². The molecule has 0 aromatic rings. The molecule has 1 aliphatic carbocycles. The molecule has 1 saturated carbocycles. The van der Waals surface area contributed by atoms with E-state index in [0.29, 0.717) is 12.5 Å². The minimum absolute atomic E-state index is 0.195. The molecule has 0 saturated heterocycles. The quantitative estimate of drug-likeness (QED) is 0.674. The Bertz CT molecular complexity index is 185. The van der Waals surface area contributed by atoms with Crippen molar-refractivity contribution in [3.8, 4) is 0 Å². The van der Waals surface area contributed by atoms with Gasteiger partial charge in [0, 0.05) is 25.0 Å². The van der Waals surface area contributed by atoms with Gasteiger partial charge in [0.05, 0.1) is 0 Å². The molecule has 0 aromatic carbocycles. The maximum Gasteiger partial charge on any atom is 0.225 e. The first-order chi connectivity index (χ1) is 5.49. The van der Waals surface area contributed by atoms with Gasteiger partial charge in [-0.2, -0.15) is 0 Å². The molecule has 0 unspecified atom stereocenters. The van der Waals surface area contributed by atoms with E-state index in [1.54, 1.807) is 4.90 Å². The van der Waals surface area contributed by atoms with Gasteiger partial charge >= 0.3 is 0 Å². The van der Waals surface area contributed by atoms with Gasteiger partial charge in [0.25, 0.3) is 0 Å². The maximum atomic E-state index is 11.6. The highest BCUT2D eigenvalue weighted by Gasteiger charge is 2.36. The summed E-state index contributed by atoms with van der Waals surface area (Å²) in [6, 6.07) is 0. The molecule has 1 rings (SSSR count). The van der Waals surface area contributed by atoms with Crippen molar-refractivity contribution < 1.29 is 4.79 Å². The van der Waals surface area contributed by atoms with E-state index < -0.39 is 0 Å². The summed E-state index contributed by atoms with van der Waals surface area (Å²) in [6.45, 7) is 4.50. The summed E-state index contributed by atoms with van der Waals surface area (Å²) in [7, 11) is 1.84. The summed E-state index contributed by atoms with van der Waals surface area (Å²) >= 11 is 0. The van der Waals surface area contributed by atoms with Crippen LogP contribution < -0.4 is 5.73 Å². The molecule has 0 bridgehead atoms. The van der Waals surface area contributed by atoms with Crippen LogP contribution in [0.5, 0.6) is 0 Å². The molecule has 0 atom stereocenters. The van der Waals surface area contributed by atoms with E-state index in [4.69, 9.17) is 5.73 Å². The topological polar surface area (TPSA) is 46.3 Å². The van der Waals surface area contributed by atoms with E-state index in [0.717, 1.165) is 12.8 Å². The fraction of sp³-hybridized carbons (Fsp3) is 0.889. The highest BCUT2D eigenvalue weighted by molar-refractivity contribution is 5.81. The zero-order valence-electron chi connectivity index (χ0n) is 8.13. The normalized spacial score (nSPS) is 17.7. The molecule has 1 fully saturated rings. The fourth-order valence-electron chi connectivity index (χ4n) is 1.04. The van der Waals surface area contributed by atoms with Gasteiger partial charge in [0.1, 0.15) is 0 Å². The second-order valence-corrected chi connectivity index (χ2v) is 4.19. The Balaban J connectivity index is 2.55. The van der Waals surface area contributed by atoms with Crippen LogP contribution in [0.3, 0.4) is 0 Å². The van der Waals surface area contributed by atoms with Crippen LogP contribution in [0.4, 0.5) is 0 Å². The van der Waals surface area contributed by atoms with Crippen molar-refractivity contribution in [1.82, 2.24) is 4.90 Å². The van der Waals surface area contributed by atoms with Gasteiger partial charge in [-0.25, -0.2) is 0 Å². The molecular formula is C9H18N2O. The molecule has 1 amide bonds. The highest BCUT2D eigenvalue weighted by Crippen LogP contribution is 2.32. The third-order valence-electron chi connectivity index (χ3n) is 2.66. The molecule has 0 spiro atoms. The summed E-state index contributed by atoms with van der Waals surface area (Å²) in [4.78, 5) is 13.4. The Labute approximate surface area is 73.9 Å². The van der Waals surface area contributed by atoms with Crippen molar-refractivity contribution in [2.45, 2.75) is 32.2 Å². The van der Waals surface area contributed by atoms with E-state index in [1.807, 2.05) is 20.9 Å². The first-order valence-corrected chi connectivity index (χ1v) is 4.47. The number of nitrogens with zero attached hydrogens (tertiary/aromatic N) is 1. The zero-order chi connectivity index (χ0) is 9.35. The predicted octanol–water partition coefficient (Wildman–Crippen LogP) is 0.592. The Morgan fingerprint density at radius 3 is 2.42 bits per heavy atom. The Morgan fingerprint density at radius 2 is 2.08 bits per heavy atom. The second-order valence-electron chi connectivity index (χ2n) is 4.19. The Kier molecular flexibility index (Phi) is 2.42. The van der Waals surface area contributed by atoms with Crippen molar-refractivity contribution in [3.63, 3.8) is 0 Å². The number of hydrogen-bond acceptors (Lipinski definition) is 2. The molecule has 0 aliphatic heterocycles. The van der Waals surface area contributed by atoms with Crippen LogP contribution in [0.25, 0.3) is 0 Å². The van der Waals surface area contributed by atoms with Crippen molar-refractivity contribution >= 4 is 5.91 Å². The summed E-state index contributed by atoms with van der Waals surface area (Å²) in [5.41, 5.74) is 5.38.